The lowest BCUT2D eigenvalue weighted by atomic mass is 10.1. The molecular formula is C22H21N5O2. The molecule has 0 amide bonds. The van der Waals surface area contributed by atoms with Gasteiger partial charge in [-0.25, -0.2) is 9.66 Å². The second-order valence-electron chi connectivity index (χ2n) is 6.55. The van der Waals surface area contributed by atoms with Crippen LogP contribution in [0.4, 0.5) is 5.95 Å². The summed E-state index contributed by atoms with van der Waals surface area (Å²) in [6.07, 6.45) is 5.26. The van der Waals surface area contributed by atoms with Crippen LogP contribution in [0.2, 0.25) is 0 Å². The van der Waals surface area contributed by atoms with Gasteiger partial charge in [0.25, 0.3) is 0 Å². The SMILES string of the molecule is COc1ccc(C=Nn2cc(C)nc2N)cc1COc1ccc2cccnc2c1. The smallest absolute Gasteiger partial charge is 0.221 e. The largest absolute Gasteiger partial charge is 0.496 e. The van der Waals surface area contributed by atoms with E-state index in [4.69, 9.17) is 15.2 Å². The molecule has 2 aromatic heterocycles. The molecule has 7 nitrogen and oxygen atoms in total. The average Bonchev–Trinajstić information content (AvgIpc) is 3.07. The maximum Gasteiger partial charge on any atom is 0.221 e. The molecule has 2 aromatic carbocycles. The third-order valence-electron chi connectivity index (χ3n) is 4.44. The molecule has 0 bridgehead atoms. The summed E-state index contributed by atoms with van der Waals surface area (Å²) in [6.45, 7) is 2.23. The predicted octanol–water partition coefficient (Wildman–Crippen LogP) is 3.79. The lowest BCUT2D eigenvalue weighted by molar-refractivity contribution is 0.297. The van der Waals surface area contributed by atoms with Gasteiger partial charge in [-0.1, -0.05) is 6.07 Å². The van der Waals surface area contributed by atoms with Gasteiger partial charge >= 0.3 is 0 Å². The molecule has 0 spiro atoms. The van der Waals surface area contributed by atoms with E-state index in [1.54, 1.807) is 25.7 Å². The van der Waals surface area contributed by atoms with E-state index in [0.717, 1.165) is 39.2 Å². The summed E-state index contributed by atoms with van der Waals surface area (Å²) < 4.78 is 13.0. The fourth-order valence-corrected chi connectivity index (χ4v) is 3.01. The Balaban J connectivity index is 1.53. The Labute approximate surface area is 168 Å². The summed E-state index contributed by atoms with van der Waals surface area (Å²) in [7, 11) is 1.64. The van der Waals surface area contributed by atoms with E-state index in [-0.39, 0.29) is 0 Å². The molecule has 146 valence electrons. The first-order valence-electron chi connectivity index (χ1n) is 9.13. The quantitative estimate of drug-likeness (QED) is 0.509. The zero-order chi connectivity index (χ0) is 20.2. The van der Waals surface area contributed by atoms with E-state index in [2.05, 4.69) is 15.1 Å². The topological polar surface area (TPSA) is 87.5 Å². The van der Waals surface area contributed by atoms with Crippen LogP contribution in [0.25, 0.3) is 10.9 Å². The van der Waals surface area contributed by atoms with Crippen molar-refractivity contribution in [3.8, 4) is 11.5 Å². The summed E-state index contributed by atoms with van der Waals surface area (Å²) in [5.41, 5.74) is 9.34. The summed E-state index contributed by atoms with van der Waals surface area (Å²) in [5, 5.41) is 5.43. The average molecular weight is 387 g/mol. The summed E-state index contributed by atoms with van der Waals surface area (Å²) >= 11 is 0. The minimum Gasteiger partial charge on any atom is -0.496 e. The molecule has 0 fully saturated rings. The van der Waals surface area contributed by atoms with Crippen molar-refractivity contribution in [2.75, 3.05) is 12.8 Å². The number of nitrogens with two attached hydrogens (primary N) is 1. The van der Waals surface area contributed by atoms with Crippen molar-refractivity contribution < 1.29 is 9.47 Å². The van der Waals surface area contributed by atoms with Crippen LogP contribution < -0.4 is 15.2 Å². The molecular weight excluding hydrogens is 366 g/mol. The number of aromatic nitrogens is 3. The first-order chi connectivity index (χ1) is 14.1. The van der Waals surface area contributed by atoms with E-state index < -0.39 is 0 Å². The molecule has 0 aliphatic heterocycles. The molecule has 4 aromatic rings. The molecule has 0 saturated carbocycles. The highest BCUT2D eigenvalue weighted by atomic mass is 16.5. The lowest BCUT2D eigenvalue weighted by Gasteiger charge is -2.11. The van der Waals surface area contributed by atoms with Crippen LogP contribution in [0.1, 0.15) is 16.8 Å². The molecule has 0 unspecified atom stereocenters. The number of anilines is 1. The van der Waals surface area contributed by atoms with Gasteiger partial charge in [0, 0.05) is 23.2 Å². The summed E-state index contributed by atoms with van der Waals surface area (Å²) in [6, 6.07) is 15.6. The number of aryl methyl sites for hydroxylation is 1. The van der Waals surface area contributed by atoms with Crippen LogP contribution in [0, 0.1) is 6.92 Å². The number of ether oxygens (including phenoxy) is 2. The molecule has 0 aliphatic carbocycles. The number of rotatable bonds is 6. The Morgan fingerprint density at radius 2 is 2.07 bits per heavy atom. The molecule has 2 heterocycles. The standard InChI is InChI=1S/C22H21N5O2/c1-15-13-27(22(23)26-15)25-12-16-5-8-21(28-2)18(10-16)14-29-19-7-6-17-4-3-9-24-20(17)11-19/h3-13H,14H2,1-2H3,(H2,23,26). The number of nitrogen functional groups attached to an aromatic ring is 1. The van der Waals surface area contributed by atoms with Crippen molar-refractivity contribution in [3.05, 3.63) is 77.7 Å². The van der Waals surface area contributed by atoms with E-state index >= 15 is 0 Å². The summed E-state index contributed by atoms with van der Waals surface area (Å²) in [4.78, 5) is 8.50. The molecule has 7 heteroatoms. The van der Waals surface area contributed by atoms with Crippen LogP contribution in [-0.2, 0) is 6.61 Å². The maximum atomic E-state index is 5.98. The van der Waals surface area contributed by atoms with Crippen molar-refractivity contribution in [2.45, 2.75) is 13.5 Å². The van der Waals surface area contributed by atoms with Crippen LogP contribution in [-0.4, -0.2) is 28.0 Å². The van der Waals surface area contributed by atoms with Crippen LogP contribution in [0.3, 0.4) is 0 Å². The third-order valence-corrected chi connectivity index (χ3v) is 4.44. The molecule has 0 atom stereocenters. The van der Waals surface area contributed by atoms with Gasteiger partial charge in [-0.2, -0.15) is 5.10 Å². The lowest BCUT2D eigenvalue weighted by Crippen LogP contribution is -2.01. The van der Waals surface area contributed by atoms with Crippen molar-refractivity contribution in [1.82, 2.24) is 14.6 Å². The van der Waals surface area contributed by atoms with Gasteiger partial charge < -0.3 is 15.2 Å². The second kappa shape index (κ2) is 8.02. The highest BCUT2D eigenvalue weighted by Gasteiger charge is 2.07. The number of imidazole rings is 1. The fourth-order valence-electron chi connectivity index (χ4n) is 3.01. The monoisotopic (exact) mass is 387 g/mol. The van der Waals surface area contributed by atoms with Crippen molar-refractivity contribution in [1.29, 1.82) is 0 Å². The van der Waals surface area contributed by atoms with Gasteiger partial charge in [0.05, 0.1) is 30.7 Å². The predicted molar refractivity (Wildman–Crippen MR) is 113 cm³/mol. The van der Waals surface area contributed by atoms with Gasteiger partial charge in [-0.05, 0) is 48.9 Å². The van der Waals surface area contributed by atoms with Crippen molar-refractivity contribution in [2.24, 2.45) is 5.10 Å². The van der Waals surface area contributed by atoms with Crippen molar-refractivity contribution in [3.63, 3.8) is 0 Å². The number of methoxy groups -OCH3 is 1. The molecule has 2 N–H and O–H groups in total. The van der Waals surface area contributed by atoms with Gasteiger partial charge in [-0.15, -0.1) is 0 Å². The maximum absolute atomic E-state index is 5.98. The van der Waals surface area contributed by atoms with Crippen LogP contribution >= 0.6 is 0 Å². The van der Waals surface area contributed by atoms with E-state index in [9.17, 15) is 0 Å². The first-order valence-corrected chi connectivity index (χ1v) is 9.13. The van der Waals surface area contributed by atoms with Crippen molar-refractivity contribution >= 4 is 23.1 Å². The van der Waals surface area contributed by atoms with Gasteiger partial charge in [0.2, 0.25) is 5.95 Å². The normalized spacial score (nSPS) is 11.2. The Morgan fingerprint density at radius 3 is 2.86 bits per heavy atom. The Hall–Kier alpha value is -3.87. The fraction of sp³-hybridized carbons (Fsp3) is 0.136. The number of nitrogens with zero attached hydrogens (tertiary/aromatic N) is 4. The number of fused-ring (bicyclic) bond motifs is 1. The van der Waals surface area contributed by atoms with Gasteiger partial charge in [-0.3, -0.25) is 4.98 Å². The minimum atomic E-state index is 0.348. The van der Waals surface area contributed by atoms with Crippen LogP contribution in [0.15, 0.2) is 66.0 Å². The Morgan fingerprint density at radius 1 is 1.17 bits per heavy atom. The zero-order valence-corrected chi connectivity index (χ0v) is 16.2. The molecule has 0 aliphatic rings. The first kappa shape index (κ1) is 18.5. The summed E-state index contributed by atoms with van der Waals surface area (Å²) in [5.74, 6) is 1.85. The highest BCUT2D eigenvalue weighted by Crippen LogP contribution is 2.24. The molecule has 4 rings (SSSR count). The van der Waals surface area contributed by atoms with Gasteiger partial charge in [0.15, 0.2) is 0 Å². The van der Waals surface area contributed by atoms with Crippen LogP contribution in [0.5, 0.6) is 11.5 Å². The molecule has 0 saturated heterocycles. The zero-order valence-electron chi connectivity index (χ0n) is 16.2. The van der Waals surface area contributed by atoms with E-state index in [1.807, 2.05) is 55.5 Å². The Kier molecular flexibility index (Phi) is 5.11. The molecule has 29 heavy (non-hydrogen) atoms. The van der Waals surface area contributed by atoms with E-state index in [0.29, 0.717) is 12.6 Å². The number of pyridine rings is 1. The number of benzene rings is 2. The van der Waals surface area contributed by atoms with E-state index in [1.165, 1.54) is 4.68 Å². The molecule has 0 radical (unpaired) electrons. The number of hydrogen-bond acceptors (Lipinski definition) is 6. The third kappa shape index (κ3) is 4.19. The van der Waals surface area contributed by atoms with Gasteiger partial charge in [0.1, 0.15) is 18.1 Å². The minimum absolute atomic E-state index is 0.348. The Bertz CT molecular complexity index is 1180. The number of hydrogen-bond donors (Lipinski definition) is 1. The second-order valence-corrected chi connectivity index (χ2v) is 6.55. The highest BCUT2D eigenvalue weighted by molar-refractivity contribution is 5.80.